The third kappa shape index (κ3) is 4.36. The van der Waals surface area contributed by atoms with Crippen molar-refractivity contribution < 1.29 is 14.3 Å². The Balaban J connectivity index is 2.44. The molecule has 0 unspecified atom stereocenters. The molecule has 0 saturated carbocycles. The van der Waals surface area contributed by atoms with Crippen LogP contribution in [-0.4, -0.2) is 42.3 Å². The molecule has 0 aliphatic carbocycles. The Morgan fingerprint density at radius 1 is 1.33 bits per heavy atom. The average Bonchev–Trinajstić information content (AvgIpc) is 2.42. The Kier molecular flexibility index (Phi) is 5.56. The minimum atomic E-state index is -0.547. The number of carbonyl (C=O) groups excluding carboxylic acids is 2. The van der Waals surface area contributed by atoms with Gasteiger partial charge in [-0.25, -0.2) is 4.79 Å². The summed E-state index contributed by atoms with van der Waals surface area (Å²) in [5.41, 5.74) is 0.124. The summed E-state index contributed by atoms with van der Waals surface area (Å²) in [6.07, 6.45) is 0.888. The van der Waals surface area contributed by atoms with E-state index in [0.717, 1.165) is 6.42 Å². The second-order valence-corrected chi connectivity index (χ2v) is 3.50. The van der Waals surface area contributed by atoms with Gasteiger partial charge in [-0.2, -0.15) is 0 Å². The number of ether oxygens (including phenoxy) is 1. The van der Waals surface area contributed by atoms with Crippen molar-refractivity contribution >= 4 is 17.7 Å². The molecule has 2 N–H and O–H groups in total. The van der Waals surface area contributed by atoms with Crippen molar-refractivity contribution in [3.8, 4) is 0 Å². The van der Waals surface area contributed by atoms with Crippen LogP contribution in [0.2, 0.25) is 0 Å². The number of amides is 1. The minimum absolute atomic E-state index is 0.115. The van der Waals surface area contributed by atoms with Crippen LogP contribution in [0.1, 0.15) is 23.8 Å². The monoisotopic (exact) mass is 252 g/mol. The molecule has 1 heterocycles. The normalized spacial score (nSPS) is 9.67. The third-order valence-electron chi connectivity index (χ3n) is 2.06. The Morgan fingerprint density at radius 3 is 2.67 bits per heavy atom. The summed E-state index contributed by atoms with van der Waals surface area (Å²) in [6, 6.07) is 3.04. The summed E-state index contributed by atoms with van der Waals surface area (Å²) < 4.78 is 4.49. The van der Waals surface area contributed by atoms with Gasteiger partial charge in [-0.05, 0) is 18.6 Å². The third-order valence-corrected chi connectivity index (χ3v) is 2.06. The molecule has 1 aromatic rings. The average molecular weight is 252 g/mol. The fourth-order valence-corrected chi connectivity index (χ4v) is 1.14. The van der Waals surface area contributed by atoms with Crippen molar-refractivity contribution in [3.05, 3.63) is 17.8 Å². The summed E-state index contributed by atoms with van der Waals surface area (Å²) in [5.74, 6) is -0.236. The van der Waals surface area contributed by atoms with E-state index in [1.165, 1.54) is 13.2 Å². The quantitative estimate of drug-likeness (QED) is 0.702. The number of methoxy groups -OCH3 is 1. The van der Waals surface area contributed by atoms with E-state index in [4.69, 9.17) is 0 Å². The SMILES string of the molecule is CCCNC(=O)CNc1ccc(C(=O)OC)nn1. The van der Waals surface area contributed by atoms with Gasteiger partial charge in [-0.15, -0.1) is 10.2 Å². The van der Waals surface area contributed by atoms with Gasteiger partial charge in [0.05, 0.1) is 13.7 Å². The summed E-state index contributed by atoms with van der Waals surface area (Å²) in [6.45, 7) is 2.74. The first-order valence-corrected chi connectivity index (χ1v) is 5.60. The molecule has 98 valence electrons. The molecule has 1 rings (SSSR count). The molecule has 0 aliphatic heterocycles. The van der Waals surface area contributed by atoms with Gasteiger partial charge >= 0.3 is 5.97 Å². The van der Waals surface area contributed by atoms with E-state index in [1.54, 1.807) is 6.07 Å². The first-order chi connectivity index (χ1) is 8.67. The number of hydrogen-bond acceptors (Lipinski definition) is 6. The maximum atomic E-state index is 11.3. The smallest absolute Gasteiger partial charge is 0.358 e. The van der Waals surface area contributed by atoms with Crippen molar-refractivity contribution in [3.63, 3.8) is 0 Å². The fraction of sp³-hybridized carbons (Fsp3) is 0.455. The molecule has 7 heteroatoms. The van der Waals surface area contributed by atoms with Crippen LogP contribution >= 0.6 is 0 Å². The Labute approximate surface area is 105 Å². The summed E-state index contributed by atoms with van der Waals surface area (Å²) in [4.78, 5) is 22.4. The molecule has 0 bridgehead atoms. The van der Waals surface area contributed by atoms with Crippen LogP contribution < -0.4 is 10.6 Å². The van der Waals surface area contributed by atoms with E-state index in [2.05, 4.69) is 25.6 Å². The van der Waals surface area contributed by atoms with Gasteiger partial charge in [0.2, 0.25) is 5.91 Å². The van der Waals surface area contributed by atoms with Crippen molar-refractivity contribution in [2.45, 2.75) is 13.3 Å². The lowest BCUT2D eigenvalue weighted by Crippen LogP contribution is -2.30. The molecule has 1 aromatic heterocycles. The van der Waals surface area contributed by atoms with E-state index >= 15 is 0 Å². The molecule has 18 heavy (non-hydrogen) atoms. The second kappa shape index (κ2) is 7.21. The lowest BCUT2D eigenvalue weighted by molar-refractivity contribution is -0.119. The lowest BCUT2D eigenvalue weighted by atomic mass is 10.4. The number of carbonyl (C=O) groups is 2. The van der Waals surface area contributed by atoms with Gasteiger partial charge in [0, 0.05) is 6.54 Å². The molecule has 7 nitrogen and oxygen atoms in total. The Morgan fingerprint density at radius 2 is 2.11 bits per heavy atom. The largest absolute Gasteiger partial charge is 0.464 e. The Hall–Kier alpha value is -2.18. The molecule has 0 saturated heterocycles. The van der Waals surface area contributed by atoms with E-state index in [-0.39, 0.29) is 18.1 Å². The van der Waals surface area contributed by atoms with E-state index in [1.807, 2.05) is 6.92 Å². The number of aromatic nitrogens is 2. The zero-order valence-electron chi connectivity index (χ0n) is 10.4. The van der Waals surface area contributed by atoms with Crippen LogP contribution in [0.15, 0.2) is 12.1 Å². The van der Waals surface area contributed by atoms with Crippen molar-refractivity contribution in [2.75, 3.05) is 25.5 Å². The molecule has 0 fully saturated rings. The zero-order valence-corrected chi connectivity index (χ0v) is 10.4. The molecule has 1 amide bonds. The zero-order chi connectivity index (χ0) is 13.4. The van der Waals surface area contributed by atoms with Crippen LogP contribution in [0.3, 0.4) is 0 Å². The highest BCUT2D eigenvalue weighted by molar-refractivity contribution is 5.87. The highest BCUT2D eigenvalue weighted by atomic mass is 16.5. The van der Waals surface area contributed by atoms with E-state index in [0.29, 0.717) is 12.4 Å². The van der Waals surface area contributed by atoms with Gasteiger partial charge in [-0.3, -0.25) is 4.79 Å². The maximum Gasteiger partial charge on any atom is 0.358 e. The molecule has 0 radical (unpaired) electrons. The van der Waals surface area contributed by atoms with Crippen LogP contribution in [0.25, 0.3) is 0 Å². The topological polar surface area (TPSA) is 93.2 Å². The number of rotatable bonds is 6. The lowest BCUT2D eigenvalue weighted by Gasteiger charge is -2.05. The molecule has 0 aromatic carbocycles. The highest BCUT2D eigenvalue weighted by Crippen LogP contribution is 2.02. The number of nitrogens with zero attached hydrogens (tertiary/aromatic N) is 2. The molecule has 0 spiro atoms. The van der Waals surface area contributed by atoms with Gasteiger partial charge in [0.25, 0.3) is 0 Å². The predicted molar refractivity (Wildman–Crippen MR) is 65.2 cm³/mol. The van der Waals surface area contributed by atoms with Gasteiger partial charge in [0.1, 0.15) is 5.82 Å². The first kappa shape index (κ1) is 13.9. The maximum absolute atomic E-state index is 11.3. The Bertz CT molecular complexity index is 405. The molecule has 0 atom stereocenters. The summed E-state index contributed by atoms with van der Waals surface area (Å²) >= 11 is 0. The summed E-state index contributed by atoms with van der Waals surface area (Å²) in [5, 5.41) is 12.9. The van der Waals surface area contributed by atoms with Gasteiger partial charge in [0.15, 0.2) is 5.69 Å². The molecular weight excluding hydrogens is 236 g/mol. The predicted octanol–water partition coefficient (Wildman–Crippen LogP) is 0.201. The number of nitrogens with one attached hydrogen (secondary N) is 2. The van der Waals surface area contributed by atoms with Gasteiger partial charge < -0.3 is 15.4 Å². The van der Waals surface area contributed by atoms with Gasteiger partial charge in [-0.1, -0.05) is 6.92 Å². The fourth-order valence-electron chi connectivity index (χ4n) is 1.14. The van der Waals surface area contributed by atoms with Crippen LogP contribution in [0.4, 0.5) is 5.82 Å². The van der Waals surface area contributed by atoms with E-state index < -0.39 is 5.97 Å². The minimum Gasteiger partial charge on any atom is -0.464 e. The van der Waals surface area contributed by atoms with Crippen LogP contribution in [0, 0.1) is 0 Å². The van der Waals surface area contributed by atoms with Crippen molar-refractivity contribution in [2.24, 2.45) is 0 Å². The second-order valence-electron chi connectivity index (χ2n) is 3.50. The molecular formula is C11H16N4O3. The summed E-state index contributed by atoms with van der Waals surface area (Å²) in [7, 11) is 1.27. The van der Waals surface area contributed by atoms with E-state index in [9.17, 15) is 9.59 Å². The van der Waals surface area contributed by atoms with Crippen molar-refractivity contribution in [1.29, 1.82) is 0 Å². The van der Waals surface area contributed by atoms with Crippen LogP contribution in [0.5, 0.6) is 0 Å². The van der Waals surface area contributed by atoms with Crippen LogP contribution in [-0.2, 0) is 9.53 Å². The number of hydrogen-bond donors (Lipinski definition) is 2. The first-order valence-electron chi connectivity index (χ1n) is 5.60. The molecule has 0 aliphatic rings. The standard InChI is InChI=1S/C11H16N4O3/c1-3-6-12-10(16)7-13-9-5-4-8(14-15-9)11(17)18-2/h4-5H,3,6-7H2,1-2H3,(H,12,16)(H,13,15). The number of anilines is 1. The van der Waals surface area contributed by atoms with Crippen molar-refractivity contribution in [1.82, 2.24) is 15.5 Å². The highest BCUT2D eigenvalue weighted by Gasteiger charge is 2.07. The number of esters is 1.